The summed E-state index contributed by atoms with van der Waals surface area (Å²) in [5.41, 5.74) is 6.19. The second kappa shape index (κ2) is 4.19. The Morgan fingerprint density at radius 1 is 1.13 bits per heavy atom. The predicted octanol–water partition coefficient (Wildman–Crippen LogP) is 3.11. The van der Waals surface area contributed by atoms with E-state index < -0.39 is 0 Å². The molecule has 1 aromatic carbocycles. The molecule has 0 bridgehead atoms. The van der Waals surface area contributed by atoms with Gasteiger partial charge in [0.1, 0.15) is 5.75 Å². The van der Waals surface area contributed by atoms with Gasteiger partial charge in [0.05, 0.1) is 11.9 Å². The van der Waals surface area contributed by atoms with Gasteiger partial charge >= 0.3 is 0 Å². The molecule has 0 radical (unpaired) electrons. The average Bonchev–Trinajstić information content (AvgIpc) is 2.25. The zero-order valence-corrected chi connectivity index (χ0v) is 8.61. The minimum absolute atomic E-state index is 0.507. The Morgan fingerprint density at radius 2 is 1.87 bits per heavy atom. The van der Waals surface area contributed by atoms with Gasteiger partial charge in [0.2, 0.25) is 0 Å². The molecule has 15 heavy (non-hydrogen) atoms. The van der Waals surface area contributed by atoms with Gasteiger partial charge in [-0.1, -0.05) is 11.6 Å². The van der Waals surface area contributed by atoms with Crippen LogP contribution in [0.1, 0.15) is 0 Å². The summed E-state index contributed by atoms with van der Waals surface area (Å²) < 4.78 is 5.54. The van der Waals surface area contributed by atoms with Crippen LogP contribution in [-0.4, -0.2) is 4.98 Å². The van der Waals surface area contributed by atoms with Crippen molar-refractivity contribution in [3.63, 3.8) is 0 Å². The summed E-state index contributed by atoms with van der Waals surface area (Å²) >= 11 is 5.76. The third-order valence-corrected chi connectivity index (χ3v) is 2.10. The molecular weight excluding hydrogens is 212 g/mol. The summed E-state index contributed by atoms with van der Waals surface area (Å²) in [4.78, 5) is 3.87. The van der Waals surface area contributed by atoms with Crippen molar-refractivity contribution in [1.29, 1.82) is 0 Å². The fourth-order valence-electron chi connectivity index (χ4n) is 1.12. The van der Waals surface area contributed by atoms with Gasteiger partial charge < -0.3 is 10.5 Å². The number of rotatable bonds is 2. The van der Waals surface area contributed by atoms with Crippen molar-refractivity contribution in [2.24, 2.45) is 0 Å². The third kappa shape index (κ3) is 2.39. The topological polar surface area (TPSA) is 48.1 Å². The van der Waals surface area contributed by atoms with Crippen LogP contribution in [0.25, 0.3) is 0 Å². The van der Waals surface area contributed by atoms with Crippen LogP contribution in [0.15, 0.2) is 42.7 Å². The maximum absolute atomic E-state index is 5.76. The molecule has 1 aromatic heterocycles. The number of nitrogens with zero attached hydrogens (tertiary/aromatic N) is 1. The van der Waals surface area contributed by atoms with Gasteiger partial charge in [-0.05, 0) is 24.3 Å². The fraction of sp³-hybridized carbons (Fsp3) is 0. The fourth-order valence-corrected chi connectivity index (χ4v) is 1.24. The van der Waals surface area contributed by atoms with Gasteiger partial charge in [-0.25, -0.2) is 0 Å². The number of nitrogen functional groups attached to an aromatic ring is 1. The largest absolute Gasteiger partial charge is 0.455 e. The maximum Gasteiger partial charge on any atom is 0.153 e. The molecule has 0 saturated heterocycles. The van der Waals surface area contributed by atoms with E-state index in [0.29, 0.717) is 22.2 Å². The number of anilines is 1. The SMILES string of the molecule is Nc1cnccc1Oc1ccc(Cl)cc1. The molecule has 2 aromatic rings. The first-order valence-electron chi connectivity index (χ1n) is 4.38. The van der Waals surface area contributed by atoms with Gasteiger partial charge in [-0.3, -0.25) is 4.98 Å². The summed E-state index contributed by atoms with van der Waals surface area (Å²) in [6.45, 7) is 0. The Morgan fingerprint density at radius 3 is 2.53 bits per heavy atom. The Labute approximate surface area is 92.5 Å². The lowest BCUT2D eigenvalue weighted by molar-refractivity contribution is 0.484. The molecular formula is C11H9ClN2O. The molecule has 76 valence electrons. The summed E-state index contributed by atoms with van der Waals surface area (Å²) in [6, 6.07) is 8.79. The number of nitrogens with two attached hydrogens (primary N) is 1. The van der Waals surface area contributed by atoms with E-state index in [-0.39, 0.29) is 0 Å². The number of hydrogen-bond donors (Lipinski definition) is 1. The zero-order chi connectivity index (χ0) is 10.7. The van der Waals surface area contributed by atoms with Crippen molar-refractivity contribution in [2.75, 3.05) is 5.73 Å². The molecule has 0 aliphatic carbocycles. The van der Waals surface area contributed by atoms with Crippen LogP contribution in [0.2, 0.25) is 5.02 Å². The van der Waals surface area contributed by atoms with Crippen LogP contribution in [0.5, 0.6) is 11.5 Å². The quantitative estimate of drug-likeness (QED) is 0.846. The molecule has 4 heteroatoms. The average molecular weight is 221 g/mol. The van der Waals surface area contributed by atoms with Crippen LogP contribution >= 0.6 is 11.6 Å². The second-order valence-electron chi connectivity index (χ2n) is 2.97. The highest BCUT2D eigenvalue weighted by Crippen LogP contribution is 2.26. The molecule has 0 saturated carbocycles. The summed E-state index contributed by atoms with van der Waals surface area (Å²) in [5, 5.41) is 0.671. The van der Waals surface area contributed by atoms with E-state index in [4.69, 9.17) is 22.1 Å². The number of aromatic nitrogens is 1. The van der Waals surface area contributed by atoms with E-state index in [0.717, 1.165) is 0 Å². The molecule has 0 aliphatic rings. The highest BCUT2D eigenvalue weighted by atomic mass is 35.5. The van der Waals surface area contributed by atoms with Gasteiger partial charge in [0, 0.05) is 17.3 Å². The highest BCUT2D eigenvalue weighted by molar-refractivity contribution is 6.30. The minimum atomic E-state index is 0.507. The van der Waals surface area contributed by atoms with Gasteiger partial charge in [-0.15, -0.1) is 0 Å². The summed E-state index contributed by atoms with van der Waals surface area (Å²) in [7, 11) is 0. The molecule has 0 amide bonds. The molecule has 0 spiro atoms. The van der Waals surface area contributed by atoms with E-state index in [1.165, 1.54) is 0 Å². The molecule has 2 N–H and O–H groups in total. The van der Waals surface area contributed by atoms with E-state index >= 15 is 0 Å². The lowest BCUT2D eigenvalue weighted by Gasteiger charge is -2.07. The summed E-state index contributed by atoms with van der Waals surface area (Å²) in [5.74, 6) is 1.28. The van der Waals surface area contributed by atoms with E-state index in [1.54, 1.807) is 42.7 Å². The first kappa shape index (κ1) is 9.80. The Bertz CT molecular complexity index is 456. The van der Waals surface area contributed by atoms with Gasteiger partial charge in [0.15, 0.2) is 5.75 Å². The number of benzene rings is 1. The van der Waals surface area contributed by atoms with Crippen LogP contribution in [-0.2, 0) is 0 Å². The summed E-state index contributed by atoms with van der Waals surface area (Å²) in [6.07, 6.45) is 3.17. The molecule has 0 unspecified atom stereocenters. The molecule has 0 fully saturated rings. The Hall–Kier alpha value is -1.74. The van der Waals surface area contributed by atoms with Crippen LogP contribution in [0.3, 0.4) is 0 Å². The van der Waals surface area contributed by atoms with Gasteiger partial charge in [-0.2, -0.15) is 0 Å². The monoisotopic (exact) mass is 220 g/mol. The number of pyridine rings is 1. The van der Waals surface area contributed by atoms with Crippen molar-refractivity contribution >= 4 is 17.3 Å². The Balaban J connectivity index is 2.22. The van der Waals surface area contributed by atoms with Crippen molar-refractivity contribution in [3.05, 3.63) is 47.7 Å². The second-order valence-corrected chi connectivity index (χ2v) is 3.41. The lowest BCUT2D eigenvalue weighted by atomic mass is 10.3. The van der Waals surface area contributed by atoms with Gasteiger partial charge in [0.25, 0.3) is 0 Å². The van der Waals surface area contributed by atoms with Crippen molar-refractivity contribution in [3.8, 4) is 11.5 Å². The first-order valence-corrected chi connectivity index (χ1v) is 4.76. The van der Waals surface area contributed by atoms with Crippen LogP contribution in [0, 0.1) is 0 Å². The van der Waals surface area contributed by atoms with Crippen molar-refractivity contribution < 1.29 is 4.74 Å². The molecule has 2 rings (SSSR count). The van der Waals surface area contributed by atoms with Crippen LogP contribution < -0.4 is 10.5 Å². The van der Waals surface area contributed by atoms with E-state index in [1.807, 2.05) is 0 Å². The van der Waals surface area contributed by atoms with Crippen molar-refractivity contribution in [1.82, 2.24) is 4.98 Å². The molecule has 1 heterocycles. The standard InChI is InChI=1S/C11H9ClN2O/c12-8-1-3-9(4-2-8)15-11-5-6-14-7-10(11)13/h1-7H,13H2. The number of hydrogen-bond acceptors (Lipinski definition) is 3. The maximum atomic E-state index is 5.76. The first-order chi connectivity index (χ1) is 7.25. The highest BCUT2D eigenvalue weighted by Gasteiger charge is 2.00. The normalized spacial score (nSPS) is 9.93. The van der Waals surface area contributed by atoms with E-state index in [2.05, 4.69) is 4.98 Å². The molecule has 3 nitrogen and oxygen atoms in total. The van der Waals surface area contributed by atoms with E-state index in [9.17, 15) is 0 Å². The predicted molar refractivity (Wildman–Crippen MR) is 60.2 cm³/mol. The molecule has 0 aliphatic heterocycles. The lowest BCUT2D eigenvalue weighted by Crippen LogP contribution is -1.92. The smallest absolute Gasteiger partial charge is 0.153 e. The molecule has 0 atom stereocenters. The minimum Gasteiger partial charge on any atom is -0.455 e. The zero-order valence-electron chi connectivity index (χ0n) is 7.85. The third-order valence-electron chi connectivity index (χ3n) is 1.85. The van der Waals surface area contributed by atoms with Crippen molar-refractivity contribution in [2.45, 2.75) is 0 Å². The number of halogens is 1. The Kier molecular flexibility index (Phi) is 2.74. The van der Waals surface area contributed by atoms with Crippen LogP contribution in [0.4, 0.5) is 5.69 Å². The number of ether oxygens (including phenoxy) is 1.